The second-order valence-electron chi connectivity index (χ2n) is 4.62. The van der Waals surface area contributed by atoms with E-state index >= 15 is 0 Å². The van der Waals surface area contributed by atoms with Gasteiger partial charge in [-0.05, 0) is 43.5 Å². The summed E-state index contributed by atoms with van der Waals surface area (Å²) in [6.45, 7) is 3.36. The molecule has 0 aliphatic carbocycles. The summed E-state index contributed by atoms with van der Waals surface area (Å²) < 4.78 is 45.6. The maximum Gasteiger partial charge on any atom is 0.241 e. The molecule has 4 nitrogen and oxygen atoms in total. The Balaban J connectivity index is 3.10. The van der Waals surface area contributed by atoms with E-state index in [1.807, 2.05) is 0 Å². The van der Waals surface area contributed by atoms with Crippen LogP contribution in [0.25, 0.3) is 0 Å². The van der Waals surface area contributed by atoms with Crippen LogP contribution in [0.15, 0.2) is 17.0 Å². The number of aryl methyl sites for hydroxylation is 2. The van der Waals surface area contributed by atoms with E-state index in [0.717, 1.165) is 0 Å². The van der Waals surface area contributed by atoms with Crippen LogP contribution in [-0.2, 0) is 14.8 Å². The second-order valence-corrected chi connectivity index (χ2v) is 6.65. The number of hydrogen-bond donors (Lipinski definition) is 1. The first kappa shape index (κ1) is 17.4. The Kier molecular flexibility index (Phi) is 6.39. The van der Waals surface area contributed by atoms with Crippen molar-refractivity contribution in [2.75, 3.05) is 19.6 Å². The SMILES string of the molecule is COCC(CCCl)NS(=O)(=O)c1c(C)cc(F)cc1C. The van der Waals surface area contributed by atoms with Gasteiger partial charge < -0.3 is 4.74 Å². The molecule has 1 rings (SSSR count). The standard InChI is InChI=1S/C13H19ClFNO3S/c1-9-6-11(15)7-10(2)13(9)20(17,18)16-12(4-5-14)8-19-3/h6-7,12,16H,4-5,8H2,1-3H3. The van der Waals surface area contributed by atoms with Crippen molar-refractivity contribution in [1.29, 1.82) is 0 Å². The van der Waals surface area contributed by atoms with Crippen molar-refractivity contribution in [3.63, 3.8) is 0 Å². The molecule has 0 amide bonds. The quantitative estimate of drug-likeness (QED) is 0.784. The molecule has 1 atom stereocenters. The normalized spacial score (nSPS) is 13.4. The zero-order chi connectivity index (χ0) is 15.3. The Morgan fingerprint density at radius 2 is 1.90 bits per heavy atom. The van der Waals surface area contributed by atoms with Crippen LogP contribution in [0.5, 0.6) is 0 Å². The van der Waals surface area contributed by atoms with Gasteiger partial charge >= 0.3 is 0 Å². The molecule has 1 aromatic carbocycles. The smallest absolute Gasteiger partial charge is 0.241 e. The van der Waals surface area contributed by atoms with E-state index in [1.54, 1.807) is 13.8 Å². The average molecular weight is 324 g/mol. The Hall–Kier alpha value is -0.690. The van der Waals surface area contributed by atoms with E-state index in [0.29, 0.717) is 23.4 Å². The van der Waals surface area contributed by atoms with E-state index in [-0.39, 0.29) is 11.5 Å². The molecule has 0 saturated carbocycles. The van der Waals surface area contributed by atoms with Crippen molar-refractivity contribution in [2.24, 2.45) is 0 Å². The van der Waals surface area contributed by atoms with Crippen molar-refractivity contribution >= 4 is 21.6 Å². The van der Waals surface area contributed by atoms with Gasteiger partial charge in [-0.3, -0.25) is 0 Å². The first-order valence-electron chi connectivity index (χ1n) is 6.15. The lowest BCUT2D eigenvalue weighted by molar-refractivity contribution is 0.173. The first-order valence-corrected chi connectivity index (χ1v) is 8.17. The summed E-state index contributed by atoms with van der Waals surface area (Å²) in [7, 11) is -2.25. The molecule has 0 spiro atoms. The van der Waals surface area contributed by atoms with Crippen LogP contribution in [0.3, 0.4) is 0 Å². The van der Waals surface area contributed by atoms with E-state index in [1.165, 1.54) is 19.2 Å². The lowest BCUT2D eigenvalue weighted by Crippen LogP contribution is -2.38. The van der Waals surface area contributed by atoms with Crippen LogP contribution < -0.4 is 4.72 Å². The Labute approximate surface area is 124 Å². The highest BCUT2D eigenvalue weighted by Crippen LogP contribution is 2.21. The van der Waals surface area contributed by atoms with Gasteiger partial charge in [0.1, 0.15) is 5.82 Å². The van der Waals surface area contributed by atoms with Crippen LogP contribution in [0.1, 0.15) is 17.5 Å². The Bertz CT molecular complexity index is 534. The van der Waals surface area contributed by atoms with Gasteiger partial charge in [-0.15, -0.1) is 11.6 Å². The number of halogens is 2. The third kappa shape index (κ3) is 4.41. The van der Waals surface area contributed by atoms with Crippen LogP contribution in [0, 0.1) is 19.7 Å². The highest BCUT2D eigenvalue weighted by atomic mass is 35.5. The van der Waals surface area contributed by atoms with Crippen molar-refractivity contribution in [2.45, 2.75) is 31.2 Å². The van der Waals surface area contributed by atoms with E-state index in [4.69, 9.17) is 16.3 Å². The van der Waals surface area contributed by atoms with Crippen LogP contribution >= 0.6 is 11.6 Å². The van der Waals surface area contributed by atoms with Crippen molar-refractivity contribution in [3.05, 3.63) is 29.1 Å². The predicted molar refractivity (Wildman–Crippen MR) is 77.2 cm³/mol. The topological polar surface area (TPSA) is 55.4 Å². The van der Waals surface area contributed by atoms with Gasteiger partial charge in [-0.25, -0.2) is 17.5 Å². The van der Waals surface area contributed by atoms with E-state index in [2.05, 4.69) is 4.72 Å². The van der Waals surface area contributed by atoms with Gasteiger partial charge in [-0.2, -0.15) is 0 Å². The number of rotatable bonds is 7. The third-order valence-corrected chi connectivity index (χ3v) is 4.88. The number of methoxy groups -OCH3 is 1. The van der Waals surface area contributed by atoms with E-state index < -0.39 is 21.9 Å². The summed E-state index contributed by atoms with van der Waals surface area (Å²) in [5.41, 5.74) is 0.745. The second kappa shape index (κ2) is 7.36. The lowest BCUT2D eigenvalue weighted by Gasteiger charge is -2.19. The molecule has 1 aromatic rings. The van der Waals surface area contributed by atoms with Gasteiger partial charge in [0.05, 0.1) is 11.5 Å². The highest BCUT2D eigenvalue weighted by Gasteiger charge is 2.24. The first-order chi connectivity index (χ1) is 9.31. The molecule has 0 aliphatic heterocycles. The summed E-state index contributed by atoms with van der Waals surface area (Å²) >= 11 is 5.65. The van der Waals surface area contributed by atoms with Gasteiger partial charge in [0.2, 0.25) is 10.0 Å². The molecule has 0 saturated heterocycles. The maximum absolute atomic E-state index is 13.2. The number of benzene rings is 1. The molecular weight excluding hydrogens is 305 g/mol. The van der Waals surface area contributed by atoms with Crippen LogP contribution in [0.4, 0.5) is 4.39 Å². The minimum atomic E-state index is -3.74. The van der Waals surface area contributed by atoms with Crippen LogP contribution in [-0.4, -0.2) is 34.1 Å². The molecule has 7 heteroatoms. The minimum Gasteiger partial charge on any atom is -0.383 e. The molecule has 0 bridgehead atoms. The number of hydrogen-bond acceptors (Lipinski definition) is 3. The number of sulfonamides is 1. The molecule has 0 heterocycles. The van der Waals surface area contributed by atoms with Crippen molar-refractivity contribution < 1.29 is 17.5 Å². The van der Waals surface area contributed by atoms with Gasteiger partial charge in [-0.1, -0.05) is 0 Å². The fraction of sp³-hybridized carbons (Fsp3) is 0.538. The summed E-state index contributed by atoms with van der Waals surface area (Å²) in [5, 5.41) is 0. The van der Waals surface area contributed by atoms with Gasteiger partial charge in [0.25, 0.3) is 0 Å². The largest absolute Gasteiger partial charge is 0.383 e. The zero-order valence-electron chi connectivity index (χ0n) is 11.7. The number of alkyl halides is 1. The summed E-state index contributed by atoms with van der Waals surface area (Å²) in [6, 6.07) is 1.99. The summed E-state index contributed by atoms with van der Waals surface area (Å²) in [4.78, 5) is 0.106. The predicted octanol–water partition coefficient (Wildman–Crippen LogP) is 2.36. The maximum atomic E-state index is 13.2. The van der Waals surface area contributed by atoms with Crippen LogP contribution in [0.2, 0.25) is 0 Å². The molecular formula is C13H19ClFNO3S. The fourth-order valence-corrected chi connectivity index (χ4v) is 4.08. The molecule has 20 heavy (non-hydrogen) atoms. The molecule has 0 aliphatic rings. The number of ether oxygens (including phenoxy) is 1. The number of nitrogens with one attached hydrogen (secondary N) is 1. The van der Waals surface area contributed by atoms with Gasteiger partial charge in [0.15, 0.2) is 0 Å². The van der Waals surface area contributed by atoms with Crippen molar-refractivity contribution in [1.82, 2.24) is 4.72 Å². The minimum absolute atomic E-state index is 0.106. The summed E-state index contributed by atoms with van der Waals surface area (Å²) in [6.07, 6.45) is 0.452. The van der Waals surface area contributed by atoms with Crippen molar-refractivity contribution in [3.8, 4) is 0 Å². The molecule has 0 fully saturated rings. The highest BCUT2D eigenvalue weighted by molar-refractivity contribution is 7.89. The van der Waals surface area contributed by atoms with Gasteiger partial charge in [0, 0.05) is 19.0 Å². The molecule has 0 radical (unpaired) electrons. The Morgan fingerprint density at radius 3 is 2.35 bits per heavy atom. The fourth-order valence-electron chi connectivity index (χ4n) is 2.11. The monoisotopic (exact) mass is 323 g/mol. The molecule has 1 N–H and O–H groups in total. The zero-order valence-corrected chi connectivity index (χ0v) is 13.3. The summed E-state index contributed by atoms with van der Waals surface area (Å²) in [5.74, 6) is -0.133. The molecule has 114 valence electrons. The third-order valence-electron chi connectivity index (χ3n) is 2.84. The average Bonchev–Trinajstić information content (AvgIpc) is 2.26. The van der Waals surface area contributed by atoms with E-state index in [9.17, 15) is 12.8 Å². The molecule has 1 unspecified atom stereocenters. The molecule has 0 aromatic heterocycles. The lowest BCUT2D eigenvalue weighted by atomic mass is 10.1. The Morgan fingerprint density at radius 1 is 1.35 bits per heavy atom.